The van der Waals surface area contributed by atoms with Gasteiger partial charge in [-0.2, -0.15) is 4.31 Å². The molecule has 2 aromatic carbocycles. The van der Waals surface area contributed by atoms with E-state index in [1.807, 2.05) is 0 Å². The summed E-state index contributed by atoms with van der Waals surface area (Å²) in [4.78, 5) is 18.1. The SMILES string of the molecule is Cc1ccc(Cc2cnc(NC(=O)c3cccc(S(=O)(=O)N4CCCC4)c3)s2)cc1. The molecular formula is C22H23N3O3S2. The van der Waals surface area contributed by atoms with Crippen molar-refractivity contribution in [3.05, 3.63) is 76.3 Å². The lowest BCUT2D eigenvalue weighted by atomic mass is 10.1. The summed E-state index contributed by atoms with van der Waals surface area (Å²) in [5.74, 6) is -0.371. The minimum absolute atomic E-state index is 0.149. The van der Waals surface area contributed by atoms with Gasteiger partial charge in [-0.1, -0.05) is 35.9 Å². The number of aryl methyl sites for hydroxylation is 1. The molecule has 0 unspecified atom stereocenters. The highest BCUT2D eigenvalue weighted by atomic mass is 32.2. The Morgan fingerprint density at radius 3 is 2.60 bits per heavy atom. The minimum Gasteiger partial charge on any atom is -0.298 e. The molecule has 1 aliphatic heterocycles. The zero-order chi connectivity index (χ0) is 21.1. The van der Waals surface area contributed by atoms with Crippen LogP contribution < -0.4 is 5.32 Å². The number of nitrogens with one attached hydrogen (secondary N) is 1. The number of aromatic nitrogens is 1. The first kappa shape index (κ1) is 20.7. The zero-order valence-corrected chi connectivity index (χ0v) is 18.3. The van der Waals surface area contributed by atoms with E-state index in [-0.39, 0.29) is 10.8 Å². The van der Waals surface area contributed by atoms with Gasteiger partial charge in [-0.3, -0.25) is 10.1 Å². The van der Waals surface area contributed by atoms with E-state index in [9.17, 15) is 13.2 Å². The number of carbonyl (C=O) groups excluding carboxylic acids is 1. The number of carbonyl (C=O) groups is 1. The van der Waals surface area contributed by atoms with Crippen molar-refractivity contribution >= 4 is 32.4 Å². The third-order valence-corrected chi connectivity index (χ3v) is 7.88. The van der Waals surface area contributed by atoms with Crippen LogP contribution in [0.1, 0.15) is 39.2 Å². The summed E-state index contributed by atoms with van der Waals surface area (Å²) in [6, 6.07) is 14.5. The molecule has 6 nitrogen and oxygen atoms in total. The Labute approximate surface area is 180 Å². The highest BCUT2D eigenvalue weighted by molar-refractivity contribution is 7.89. The van der Waals surface area contributed by atoms with Gasteiger partial charge in [0.05, 0.1) is 4.90 Å². The zero-order valence-electron chi connectivity index (χ0n) is 16.7. The number of thiazole rings is 1. The molecule has 1 aliphatic rings. The lowest BCUT2D eigenvalue weighted by Crippen LogP contribution is -2.28. The average Bonchev–Trinajstić information content (AvgIpc) is 3.43. The standard InChI is InChI=1S/C22H23N3O3S2/c1-16-7-9-17(10-8-16)13-19-15-23-22(29-19)24-21(26)18-5-4-6-20(14-18)30(27,28)25-11-2-3-12-25/h4-10,14-15H,2-3,11-13H2,1H3,(H,23,24,26). The number of hydrogen-bond acceptors (Lipinski definition) is 5. The lowest BCUT2D eigenvalue weighted by Gasteiger charge is -2.15. The van der Waals surface area contributed by atoms with Crippen molar-refractivity contribution in [2.45, 2.75) is 31.1 Å². The highest BCUT2D eigenvalue weighted by Crippen LogP contribution is 2.24. The van der Waals surface area contributed by atoms with Gasteiger partial charge in [-0.25, -0.2) is 13.4 Å². The molecule has 2 heterocycles. The van der Waals surface area contributed by atoms with E-state index >= 15 is 0 Å². The van der Waals surface area contributed by atoms with Crippen molar-refractivity contribution in [1.29, 1.82) is 0 Å². The van der Waals surface area contributed by atoms with Crippen LogP contribution in [-0.4, -0.2) is 36.7 Å². The van der Waals surface area contributed by atoms with Gasteiger partial charge in [-0.05, 0) is 43.5 Å². The molecule has 1 N–H and O–H groups in total. The average molecular weight is 442 g/mol. The van der Waals surface area contributed by atoms with Crippen LogP contribution in [0.15, 0.2) is 59.6 Å². The van der Waals surface area contributed by atoms with Gasteiger partial charge in [0.15, 0.2) is 5.13 Å². The summed E-state index contributed by atoms with van der Waals surface area (Å²) in [6.07, 6.45) is 4.24. The van der Waals surface area contributed by atoms with E-state index in [4.69, 9.17) is 0 Å². The maximum Gasteiger partial charge on any atom is 0.257 e. The summed E-state index contributed by atoms with van der Waals surface area (Å²) < 4.78 is 27.0. The second-order valence-corrected chi connectivity index (χ2v) is 10.4. The van der Waals surface area contributed by atoms with Crippen LogP contribution in [0.4, 0.5) is 5.13 Å². The van der Waals surface area contributed by atoms with Crippen molar-refractivity contribution in [2.75, 3.05) is 18.4 Å². The maximum absolute atomic E-state index is 12.7. The molecule has 4 rings (SSSR count). The van der Waals surface area contributed by atoms with Crippen LogP contribution in [-0.2, 0) is 16.4 Å². The molecule has 1 fully saturated rings. The minimum atomic E-state index is -3.56. The van der Waals surface area contributed by atoms with Crippen LogP contribution in [0.25, 0.3) is 0 Å². The molecule has 1 amide bonds. The Morgan fingerprint density at radius 2 is 1.87 bits per heavy atom. The Bertz CT molecular complexity index is 1150. The van der Waals surface area contributed by atoms with Gasteiger partial charge in [0, 0.05) is 36.1 Å². The molecular weight excluding hydrogens is 418 g/mol. The summed E-state index contributed by atoms with van der Waals surface area (Å²) in [5, 5.41) is 3.28. The lowest BCUT2D eigenvalue weighted by molar-refractivity contribution is 0.102. The van der Waals surface area contributed by atoms with E-state index in [0.29, 0.717) is 23.8 Å². The van der Waals surface area contributed by atoms with Crippen molar-refractivity contribution in [2.24, 2.45) is 0 Å². The molecule has 1 aromatic heterocycles. The Hall–Kier alpha value is -2.55. The fraction of sp³-hybridized carbons (Fsp3) is 0.273. The predicted octanol–water partition coefficient (Wildman–Crippen LogP) is 4.08. The molecule has 156 valence electrons. The third kappa shape index (κ3) is 4.61. The number of sulfonamides is 1. The second kappa shape index (κ2) is 8.67. The quantitative estimate of drug-likeness (QED) is 0.625. The molecule has 0 radical (unpaired) electrons. The van der Waals surface area contributed by atoms with Crippen LogP contribution in [0.2, 0.25) is 0 Å². The molecule has 0 saturated carbocycles. The Kier molecular flexibility index (Phi) is 5.99. The monoisotopic (exact) mass is 441 g/mol. The van der Waals surface area contributed by atoms with Gasteiger partial charge in [0.2, 0.25) is 10.0 Å². The van der Waals surface area contributed by atoms with Gasteiger partial charge >= 0.3 is 0 Å². The molecule has 8 heteroatoms. The van der Waals surface area contributed by atoms with Gasteiger partial charge in [0.25, 0.3) is 5.91 Å². The molecule has 0 bridgehead atoms. The second-order valence-electron chi connectivity index (χ2n) is 7.39. The topological polar surface area (TPSA) is 79.4 Å². The Balaban J connectivity index is 1.45. The number of rotatable bonds is 6. The maximum atomic E-state index is 12.7. The molecule has 0 spiro atoms. The molecule has 3 aromatic rings. The fourth-order valence-electron chi connectivity index (χ4n) is 3.40. The van der Waals surface area contributed by atoms with E-state index in [1.165, 1.54) is 38.9 Å². The molecule has 0 atom stereocenters. The summed E-state index contributed by atoms with van der Waals surface area (Å²) >= 11 is 1.42. The van der Waals surface area contributed by atoms with Gasteiger partial charge in [0.1, 0.15) is 0 Å². The molecule has 30 heavy (non-hydrogen) atoms. The first-order valence-electron chi connectivity index (χ1n) is 9.84. The third-order valence-electron chi connectivity index (χ3n) is 5.07. The normalized spacial score (nSPS) is 14.7. The van der Waals surface area contributed by atoms with Crippen molar-refractivity contribution in [1.82, 2.24) is 9.29 Å². The van der Waals surface area contributed by atoms with E-state index in [0.717, 1.165) is 24.1 Å². The predicted molar refractivity (Wildman–Crippen MR) is 118 cm³/mol. The van der Waals surface area contributed by atoms with E-state index < -0.39 is 10.0 Å². The number of benzene rings is 2. The van der Waals surface area contributed by atoms with Crippen LogP contribution in [0.5, 0.6) is 0 Å². The van der Waals surface area contributed by atoms with Crippen LogP contribution >= 0.6 is 11.3 Å². The number of nitrogens with zero attached hydrogens (tertiary/aromatic N) is 2. The van der Waals surface area contributed by atoms with Gasteiger partial charge in [-0.15, -0.1) is 11.3 Å². The number of amides is 1. The van der Waals surface area contributed by atoms with Crippen LogP contribution in [0.3, 0.4) is 0 Å². The highest BCUT2D eigenvalue weighted by Gasteiger charge is 2.27. The largest absolute Gasteiger partial charge is 0.298 e. The summed E-state index contributed by atoms with van der Waals surface area (Å²) in [6.45, 7) is 3.11. The number of hydrogen-bond donors (Lipinski definition) is 1. The summed E-state index contributed by atoms with van der Waals surface area (Å²) in [5.41, 5.74) is 2.69. The van der Waals surface area contributed by atoms with Crippen molar-refractivity contribution in [3.8, 4) is 0 Å². The van der Waals surface area contributed by atoms with E-state index in [2.05, 4.69) is 41.5 Å². The molecule has 1 saturated heterocycles. The van der Waals surface area contributed by atoms with Crippen LogP contribution in [0, 0.1) is 6.92 Å². The Morgan fingerprint density at radius 1 is 1.13 bits per heavy atom. The van der Waals surface area contributed by atoms with Crippen molar-refractivity contribution in [3.63, 3.8) is 0 Å². The molecule has 0 aliphatic carbocycles. The first-order valence-corrected chi connectivity index (χ1v) is 12.1. The first-order chi connectivity index (χ1) is 14.4. The number of anilines is 1. The van der Waals surface area contributed by atoms with E-state index in [1.54, 1.807) is 18.3 Å². The van der Waals surface area contributed by atoms with Crippen molar-refractivity contribution < 1.29 is 13.2 Å². The summed E-state index contributed by atoms with van der Waals surface area (Å²) in [7, 11) is -3.56. The van der Waals surface area contributed by atoms with Gasteiger partial charge < -0.3 is 0 Å². The smallest absolute Gasteiger partial charge is 0.257 e. The fourth-order valence-corrected chi connectivity index (χ4v) is 5.80.